The van der Waals surface area contributed by atoms with Crippen LogP contribution in [-0.4, -0.2) is 47.6 Å². The molecule has 0 fully saturated rings. The highest BCUT2D eigenvalue weighted by molar-refractivity contribution is 7.99. The Hall–Kier alpha value is -0.230. The van der Waals surface area contributed by atoms with Crippen LogP contribution in [0.4, 0.5) is 0 Å². The minimum Gasteiger partial charge on any atom is -0.286 e. The van der Waals surface area contributed by atoms with E-state index >= 15 is 0 Å². The zero-order valence-corrected chi connectivity index (χ0v) is 10.1. The fourth-order valence-electron chi connectivity index (χ4n) is 0.640. The Morgan fingerprint density at radius 3 is 1.80 bits per heavy atom. The highest BCUT2D eigenvalue weighted by Gasteiger charge is 2.19. The van der Waals surface area contributed by atoms with Crippen molar-refractivity contribution >= 4 is 30.4 Å². The predicted octanol–water partition coefficient (Wildman–Crippen LogP) is -1.43. The van der Waals surface area contributed by atoms with E-state index in [0.29, 0.717) is 6.26 Å². The third-order valence-corrected chi connectivity index (χ3v) is 4.44. The molecule has 0 aromatic rings. The van der Waals surface area contributed by atoms with Gasteiger partial charge in [0.05, 0.1) is 17.8 Å². The number of hydrogen-bond acceptors (Lipinski definition) is 7. The summed E-state index contributed by atoms with van der Waals surface area (Å²) < 4.78 is 75.0. The van der Waals surface area contributed by atoms with Crippen LogP contribution in [0.2, 0.25) is 0 Å². The van der Waals surface area contributed by atoms with Gasteiger partial charge in [0.15, 0.2) is 0 Å². The van der Waals surface area contributed by atoms with E-state index in [4.69, 9.17) is 4.55 Å². The minimum absolute atomic E-state index is 0.448. The van der Waals surface area contributed by atoms with Gasteiger partial charge in [0, 0.05) is 0 Å². The molecule has 11 heteroatoms. The van der Waals surface area contributed by atoms with E-state index < -0.39 is 48.3 Å². The molecule has 0 radical (unpaired) electrons. The van der Waals surface area contributed by atoms with Gasteiger partial charge in [-0.25, -0.2) is 0 Å². The van der Waals surface area contributed by atoms with Crippen molar-refractivity contribution < 1.29 is 33.4 Å². The zero-order valence-electron chi connectivity index (χ0n) is 7.65. The quantitative estimate of drug-likeness (QED) is 0.586. The second-order valence-corrected chi connectivity index (χ2v) is 7.72. The van der Waals surface area contributed by atoms with Crippen LogP contribution < -0.4 is 0 Å². The molecule has 0 unspecified atom stereocenters. The third-order valence-electron chi connectivity index (χ3n) is 1.02. The monoisotopic (exact) mass is 282 g/mol. The molecule has 8 nitrogen and oxygen atoms in total. The van der Waals surface area contributed by atoms with Crippen molar-refractivity contribution in [1.29, 1.82) is 0 Å². The van der Waals surface area contributed by atoms with Crippen molar-refractivity contribution in [2.45, 2.75) is 6.42 Å². The Labute approximate surface area is 88.2 Å². The van der Waals surface area contributed by atoms with E-state index in [9.17, 15) is 25.3 Å². The molecule has 92 valence electrons. The van der Waals surface area contributed by atoms with Gasteiger partial charge in [0.2, 0.25) is 0 Å². The average molecular weight is 282 g/mol. The topological polar surface area (TPSA) is 132 Å². The molecule has 1 N–H and O–H groups in total. The van der Waals surface area contributed by atoms with Gasteiger partial charge < -0.3 is 0 Å². The molecule has 15 heavy (non-hydrogen) atoms. The Balaban J connectivity index is 4.32. The molecule has 0 saturated heterocycles. The van der Waals surface area contributed by atoms with Crippen molar-refractivity contribution in [1.82, 2.24) is 0 Å². The van der Waals surface area contributed by atoms with Crippen LogP contribution in [0.15, 0.2) is 0 Å². The summed E-state index contributed by atoms with van der Waals surface area (Å²) in [7, 11) is -12.7. The standard InChI is InChI=1S/C4H10O8S3/c1-13(5,6)12-15(10,11)4-2-3-14(7,8)9/h2-4H2,1H3,(H,7,8,9). The van der Waals surface area contributed by atoms with Crippen LogP contribution >= 0.6 is 0 Å². The molecular formula is C4H10O8S3. The second-order valence-electron chi connectivity index (χ2n) is 2.67. The van der Waals surface area contributed by atoms with Crippen molar-refractivity contribution in [2.24, 2.45) is 0 Å². The molecule has 0 spiro atoms. The Bertz CT molecular complexity index is 494. The van der Waals surface area contributed by atoms with E-state index in [-0.39, 0.29) is 0 Å². The summed E-state index contributed by atoms with van der Waals surface area (Å²) in [6.45, 7) is 0. The van der Waals surface area contributed by atoms with Crippen LogP contribution in [0.3, 0.4) is 0 Å². The lowest BCUT2D eigenvalue weighted by molar-refractivity contribution is 0.465. The zero-order chi connectivity index (χ0) is 12.3. The maximum atomic E-state index is 10.9. The highest BCUT2D eigenvalue weighted by Crippen LogP contribution is 2.02. The van der Waals surface area contributed by atoms with Gasteiger partial charge in [-0.2, -0.15) is 25.3 Å². The lowest BCUT2D eigenvalue weighted by atomic mass is 10.6. The average Bonchev–Trinajstić information content (AvgIpc) is 1.75. The van der Waals surface area contributed by atoms with Gasteiger partial charge >= 0.3 is 0 Å². The molecule has 0 atom stereocenters. The van der Waals surface area contributed by atoms with Crippen LogP contribution in [0.1, 0.15) is 6.42 Å². The summed E-state index contributed by atoms with van der Waals surface area (Å²) in [5.41, 5.74) is 0. The molecule has 0 amide bonds. The molecule has 0 aromatic heterocycles. The fourth-order valence-corrected chi connectivity index (χ4v) is 3.61. The number of rotatable bonds is 6. The smallest absolute Gasteiger partial charge is 0.281 e. The van der Waals surface area contributed by atoms with Crippen molar-refractivity contribution in [3.8, 4) is 0 Å². The molecular weight excluding hydrogens is 272 g/mol. The van der Waals surface area contributed by atoms with E-state index in [2.05, 4.69) is 3.63 Å². The van der Waals surface area contributed by atoms with Crippen LogP contribution in [0.25, 0.3) is 0 Å². The molecule has 0 bridgehead atoms. The lowest BCUT2D eigenvalue weighted by Gasteiger charge is -2.01. The van der Waals surface area contributed by atoms with E-state index in [1.807, 2.05) is 0 Å². The Morgan fingerprint density at radius 2 is 1.47 bits per heavy atom. The second kappa shape index (κ2) is 4.74. The van der Waals surface area contributed by atoms with Gasteiger partial charge in [-0.05, 0) is 6.42 Å². The Morgan fingerprint density at radius 1 is 1.00 bits per heavy atom. The van der Waals surface area contributed by atoms with Crippen molar-refractivity contribution in [2.75, 3.05) is 17.8 Å². The fraction of sp³-hybridized carbons (Fsp3) is 1.00. The molecule has 0 heterocycles. The van der Waals surface area contributed by atoms with E-state index in [1.165, 1.54) is 0 Å². The van der Waals surface area contributed by atoms with Crippen LogP contribution in [0.5, 0.6) is 0 Å². The number of hydrogen-bond donors (Lipinski definition) is 1. The van der Waals surface area contributed by atoms with Gasteiger partial charge in [-0.15, -0.1) is 3.63 Å². The van der Waals surface area contributed by atoms with Crippen LogP contribution in [0, 0.1) is 0 Å². The summed E-state index contributed by atoms with van der Waals surface area (Å²) in [4.78, 5) is 0. The van der Waals surface area contributed by atoms with Gasteiger partial charge in [-0.1, -0.05) is 0 Å². The molecule has 0 aliphatic carbocycles. The first-order valence-electron chi connectivity index (χ1n) is 3.50. The summed E-state index contributed by atoms with van der Waals surface area (Å²) in [6.07, 6.45) is 0.101. The van der Waals surface area contributed by atoms with Crippen molar-refractivity contribution in [3.05, 3.63) is 0 Å². The Kier molecular flexibility index (Phi) is 4.67. The maximum Gasteiger partial charge on any atom is 0.281 e. The predicted molar refractivity (Wildman–Crippen MR) is 50.7 cm³/mol. The molecule has 0 aliphatic rings. The molecule has 0 aromatic carbocycles. The molecule has 0 aliphatic heterocycles. The summed E-state index contributed by atoms with van der Waals surface area (Å²) in [5.74, 6) is -1.58. The normalized spacial score (nSPS) is 14.0. The van der Waals surface area contributed by atoms with Gasteiger partial charge in [0.1, 0.15) is 0 Å². The molecule has 0 rings (SSSR count). The summed E-state index contributed by atoms with van der Waals surface area (Å²) >= 11 is 0. The summed E-state index contributed by atoms with van der Waals surface area (Å²) in [6, 6.07) is 0. The van der Waals surface area contributed by atoms with Crippen LogP contribution in [-0.2, 0) is 34.0 Å². The van der Waals surface area contributed by atoms with Gasteiger partial charge in [0.25, 0.3) is 30.4 Å². The first-order valence-corrected chi connectivity index (χ1v) is 8.50. The first kappa shape index (κ1) is 14.8. The minimum atomic E-state index is -4.33. The van der Waals surface area contributed by atoms with E-state index in [0.717, 1.165) is 0 Å². The van der Waals surface area contributed by atoms with E-state index in [1.54, 1.807) is 0 Å². The highest BCUT2D eigenvalue weighted by atomic mass is 32.3. The third kappa shape index (κ3) is 10.1. The first-order chi connectivity index (χ1) is 6.41. The lowest BCUT2D eigenvalue weighted by Crippen LogP contribution is -2.17. The molecule has 0 saturated carbocycles. The largest absolute Gasteiger partial charge is 0.286 e. The SMILES string of the molecule is CS(=O)(=O)OS(=O)(=O)CCCS(=O)(=O)O. The van der Waals surface area contributed by atoms with Crippen molar-refractivity contribution in [3.63, 3.8) is 0 Å². The van der Waals surface area contributed by atoms with Gasteiger partial charge in [-0.3, -0.25) is 4.55 Å². The maximum absolute atomic E-state index is 10.9. The summed E-state index contributed by atoms with van der Waals surface area (Å²) in [5, 5.41) is 0.